The highest BCUT2D eigenvalue weighted by molar-refractivity contribution is 5.97. The predicted octanol–water partition coefficient (Wildman–Crippen LogP) is 4.83. The van der Waals surface area contributed by atoms with Crippen LogP contribution < -0.4 is 5.32 Å². The Bertz CT molecular complexity index is 775. The van der Waals surface area contributed by atoms with Crippen LogP contribution in [0, 0.1) is 13.8 Å². The van der Waals surface area contributed by atoms with Crippen LogP contribution in [0.4, 0.5) is 5.69 Å². The highest BCUT2D eigenvalue weighted by Gasteiger charge is 2.20. The molecule has 5 heteroatoms. The molecule has 1 atom stereocenters. The average Bonchev–Trinajstić information content (AvgIpc) is 2.93. The van der Waals surface area contributed by atoms with Crippen LogP contribution in [0.3, 0.4) is 0 Å². The van der Waals surface area contributed by atoms with Gasteiger partial charge in [-0.1, -0.05) is 27.2 Å². The summed E-state index contributed by atoms with van der Waals surface area (Å²) in [5.74, 6) is 0.226. The van der Waals surface area contributed by atoms with Crippen molar-refractivity contribution in [3.63, 3.8) is 0 Å². The molecule has 1 aromatic carbocycles. The monoisotopic (exact) mass is 355 g/mol. The second kappa shape index (κ2) is 8.79. The Morgan fingerprint density at radius 2 is 1.81 bits per heavy atom. The van der Waals surface area contributed by atoms with Gasteiger partial charge in [-0.2, -0.15) is 5.10 Å². The number of nitrogens with zero attached hydrogens (tertiary/aromatic N) is 2. The molecule has 26 heavy (non-hydrogen) atoms. The molecule has 1 aromatic heterocycles. The molecule has 2 aromatic rings. The zero-order valence-corrected chi connectivity index (χ0v) is 16.4. The highest BCUT2D eigenvalue weighted by atomic mass is 16.2. The number of nitrogens with one attached hydrogen (secondary N) is 1. The molecule has 2 rings (SSSR count). The normalized spacial score (nSPS) is 12.0. The first-order valence-corrected chi connectivity index (χ1v) is 9.39. The lowest BCUT2D eigenvalue weighted by molar-refractivity contribution is -0.116. The van der Waals surface area contributed by atoms with Gasteiger partial charge in [0.2, 0.25) is 5.91 Å². The summed E-state index contributed by atoms with van der Waals surface area (Å²) in [5, 5.41) is 7.31. The van der Waals surface area contributed by atoms with Crippen LogP contribution >= 0.6 is 0 Å². The van der Waals surface area contributed by atoms with Crippen molar-refractivity contribution in [2.24, 2.45) is 0 Å². The summed E-state index contributed by atoms with van der Waals surface area (Å²) >= 11 is 0. The quantitative estimate of drug-likeness (QED) is 0.773. The SMILES string of the molecule is CCCCC(=O)Nc1ccc(C(=O)n2nc(C)c(C(C)CC)c2C)cc1. The Balaban J connectivity index is 2.17. The van der Waals surface area contributed by atoms with Gasteiger partial charge in [-0.15, -0.1) is 0 Å². The molecule has 1 heterocycles. The fourth-order valence-corrected chi connectivity index (χ4v) is 3.15. The van der Waals surface area contributed by atoms with E-state index in [0.29, 0.717) is 23.6 Å². The maximum Gasteiger partial charge on any atom is 0.278 e. The van der Waals surface area contributed by atoms with E-state index in [1.54, 1.807) is 24.3 Å². The number of carbonyl (C=O) groups is 2. The van der Waals surface area contributed by atoms with E-state index in [1.165, 1.54) is 4.68 Å². The summed E-state index contributed by atoms with van der Waals surface area (Å²) in [6.07, 6.45) is 3.39. The topological polar surface area (TPSA) is 64.0 Å². The Labute approximate surface area is 155 Å². The van der Waals surface area contributed by atoms with Crippen LogP contribution in [0.25, 0.3) is 0 Å². The van der Waals surface area contributed by atoms with Gasteiger partial charge in [-0.05, 0) is 62.4 Å². The summed E-state index contributed by atoms with van der Waals surface area (Å²) in [4.78, 5) is 24.6. The number of anilines is 1. The second-order valence-electron chi connectivity index (χ2n) is 6.84. The average molecular weight is 355 g/mol. The van der Waals surface area contributed by atoms with Gasteiger partial charge in [0.15, 0.2) is 0 Å². The zero-order valence-electron chi connectivity index (χ0n) is 16.4. The molecule has 1 N–H and O–H groups in total. The van der Waals surface area contributed by atoms with Crippen molar-refractivity contribution in [1.29, 1.82) is 0 Å². The molecule has 140 valence electrons. The van der Waals surface area contributed by atoms with Crippen LogP contribution in [-0.4, -0.2) is 21.6 Å². The largest absolute Gasteiger partial charge is 0.326 e. The lowest BCUT2D eigenvalue weighted by Gasteiger charge is -2.10. The van der Waals surface area contributed by atoms with Crippen molar-refractivity contribution < 1.29 is 9.59 Å². The molecule has 0 saturated carbocycles. The third kappa shape index (κ3) is 4.40. The summed E-state index contributed by atoms with van der Waals surface area (Å²) < 4.78 is 1.49. The minimum Gasteiger partial charge on any atom is -0.326 e. The van der Waals surface area contributed by atoms with Crippen LogP contribution in [0.2, 0.25) is 0 Å². The van der Waals surface area contributed by atoms with Crippen molar-refractivity contribution in [3.8, 4) is 0 Å². The second-order valence-corrected chi connectivity index (χ2v) is 6.84. The van der Waals surface area contributed by atoms with Crippen LogP contribution in [0.1, 0.15) is 79.7 Å². The minimum atomic E-state index is -0.149. The van der Waals surface area contributed by atoms with Gasteiger partial charge in [0, 0.05) is 23.4 Å². The molecular weight excluding hydrogens is 326 g/mol. The molecule has 1 unspecified atom stereocenters. The maximum absolute atomic E-state index is 12.8. The van der Waals surface area contributed by atoms with Crippen LogP contribution in [0.15, 0.2) is 24.3 Å². The number of aromatic nitrogens is 2. The van der Waals surface area contributed by atoms with Crippen molar-refractivity contribution in [3.05, 3.63) is 46.8 Å². The molecule has 0 spiro atoms. The number of rotatable bonds is 7. The molecule has 5 nitrogen and oxygen atoms in total. The first-order valence-electron chi connectivity index (χ1n) is 9.39. The van der Waals surface area contributed by atoms with Gasteiger partial charge in [-0.3, -0.25) is 9.59 Å². The van der Waals surface area contributed by atoms with Gasteiger partial charge in [0.25, 0.3) is 5.91 Å². The molecular formula is C21H29N3O2. The standard InChI is InChI=1S/C21H29N3O2/c1-6-8-9-19(25)22-18-12-10-17(11-13-18)21(26)24-16(5)20(14(3)7-2)15(4)23-24/h10-14H,6-9H2,1-5H3,(H,22,25). The number of unbranched alkanes of at least 4 members (excludes halogenated alkanes) is 1. The zero-order chi connectivity index (χ0) is 19.3. The summed E-state index contributed by atoms with van der Waals surface area (Å²) in [7, 11) is 0. The minimum absolute atomic E-state index is 0.00247. The molecule has 0 aliphatic rings. The number of benzene rings is 1. The van der Waals surface area contributed by atoms with Crippen molar-refractivity contribution in [2.45, 2.75) is 66.2 Å². The number of amides is 1. The molecule has 0 bridgehead atoms. The number of hydrogen-bond donors (Lipinski definition) is 1. The maximum atomic E-state index is 12.8. The van der Waals surface area contributed by atoms with E-state index in [9.17, 15) is 9.59 Å². The Morgan fingerprint density at radius 3 is 2.38 bits per heavy atom. The van der Waals surface area contributed by atoms with E-state index in [4.69, 9.17) is 0 Å². The van der Waals surface area contributed by atoms with Crippen molar-refractivity contribution in [2.75, 3.05) is 5.32 Å². The number of aryl methyl sites for hydroxylation is 1. The van der Waals surface area contributed by atoms with Gasteiger partial charge >= 0.3 is 0 Å². The van der Waals surface area contributed by atoms with E-state index >= 15 is 0 Å². The summed E-state index contributed by atoms with van der Waals surface area (Å²) in [6, 6.07) is 6.99. The first-order chi connectivity index (χ1) is 12.4. The Morgan fingerprint density at radius 1 is 1.15 bits per heavy atom. The van der Waals surface area contributed by atoms with Gasteiger partial charge in [0.1, 0.15) is 0 Å². The molecule has 0 saturated heterocycles. The van der Waals surface area contributed by atoms with Gasteiger partial charge in [0.05, 0.1) is 5.69 Å². The number of carbonyl (C=O) groups excluding carboxylic acids is 2. The summed E-state index contributed by atoms with van der Waals surface area (Å²) in [5.41, 5.74) is 4.22. The third-order valence-corrected chi connectivity index (χ3v) is 4.82. The number of hydrogen-bond acceptors (Lipinski definition) is 3. The predicted molar refractivity (Wildman–Crippen MR) is 105 cm³/mol. The Kier molecular flexibility index (Phi) is 6.72. The van der Waals surface area contributed by atoms with Crippen molar-refractivity contribution in [1.82, 2.24) is 9.78 Å². The molecule has 0 radical (unpaired) electrons. The fourth-order valence-electron chi connectivity index (χ4n) is 3.15. The van der Waals surface area contributed by atoms with Gasteiger partial charge < -0.3 is 5.32 Å². The van der Waals surface area contributed by atoms with E-state index in [-0.39, 0.29) is 11.8 Å². The van der Waals surface area contributed by atoms with E-state index in [2.05, 4.69) is 31.2 Å². The first kappa shape index (κ1) is 19.9. The Hall–Kier alpha value is -2.43. The fraction of sp³-hybridized carbons (Fsp3) is 0.476. The molecule has 1 amide bonds. The van der Waals surface area contributed by atoms with Crippen LogP contribution in [0.5, 0.6) is 0 Å². The molecule has 0 aliphatic carbocycles. The summed E-state index contributed by atoms with van der Waals surface area (Å²) in [6.45, 7) is 10.2. The lowest BCUT2D eigenvalue weighted by Crippen LogP contribution is -2.16. The molecule has 0 aliphatic heterocycles. The van der Waals surface area contributed by atoms with Gasteiger partial charge in [-0.25, -0.2) is 4.68 Å². The van der Waals surface area contributed by atoms with Crippen LogP contribution in [-0.2, 0) is 4.79 Å². The van der Waals surface area contributed by atoms with Crippen molar-refractivity contribution >= 4 is 17.5 Å². The van der Waals surface area contributed by atoms with E-state index in [1.807, 2.05) is 13.8 Å². The highest BCUT2D eigenvalue weighted by Crippen LogP contribution is 2.26. The van der Waals surface area contributed by atoms with E-state index in [0.717, 1.165) is 36.2 Å². The third-order valence-electron chi connectivity index (χ3n) is 4.82. The molecule has 0 fully saturated rings. The lowest BCUT2D eigenvalue weighted by atomic mass is 9.97. The van der Waals surface area contributed by atoms with E-state index < -0.39 is 0 Å². The smallest absolute Gasteiger partial charge is 0.278 e.